The van der Waals surface area contributed by atoms with Crippen molar-refractivity contribution in [1.82, 2.24) is 5.32 Å². The zero-order valence-electron chi connectivity index (χ0n) is 13.4. The van der Waals surface area contributed by atoms with Gasteiger partial charge in [0.05, 0.1) is 0 Å². The molecule has 0 amide bonds. The van der Waals surface area contributed by atoms with Crippen LogP contribution in [-0.2, 0) is 11.8 Å². The van der Waals surface area contributed by atoms with E-state index >= 15 is 0 Å². The van der Waals surface area contributed by atoms with E-state index in [0.29, 0.717) is 6.04 Å². The molecule has 2 aliphatic carbocycles. The molecule has 0 aliphatic heterocycles. The highest BCUT2D eigenvalue weighted by molar-refractivity contribution is 5.28. The predicted octanol–water partition coefficient (Wildman–Crippen LogP) is 4.16. The van der Waals surface area contributed by atoms with Gasteiger partial charge in [-0.25, -0.2) is 0 Å². The van der Waals surface area contributed by atoms with Gasteiger partial charge in [0.15, 0.2) is 0 Å². The minimum absolute atomic E-state index is 0.258. The highest BCUT2D eigenvalue weighted by Gasteiger charge is 2.55. The Bertz CT molecular complexity index is 444. The van der Waals surface area contributed by atoms with E-state index in [1.807, 2.05) is 0 Å². The summed E-state index contributed by atoms with van der Waals surface area (Å²) in [7, 11) is 2.14. The number of hydrogen-bond acceptors (Lipinski definition) is 1. The van der Waals surface area contributed by atoms with Gasteiger partial charge in [-0.3, -0.25) is 0 Å². The number of likely N-dealkylation sites (N-methyl/N-ethyl adjacent to an activating group) is 1. The van der Waals surface area contributed by atoms with Crippen LogP contribution in [-0.4, -0.2) is 13.1 Å². The Kier molecular flexibility index (Phi) is 3.66. The van der Waals surface area contributed by atoms with E-state index in [0.717, 1.165) is 17.8 Å². The van der Waals surface area contributed by atoms with Crippen LogP contribution < -0.4 is 5.32 Å². The Morgan fingerprint density at radius 3 is 2.20 bits per heavy atom. The maximum absolute atomic E-state index is 3.59. The first kappa shape index (κ1) is 14.1. The molecule has 3 atom stereocenters. The molecule has 0 aromatic heterocycles. The molecule has 0 heterocycles. The largest absolute Gasteiger partial charge is 0.316 e. The fourth-order valence-electron chi connectivity index (χ4n) is 4.30. The molecule has 110 valence electrons. The van der Waals surface area contributed by atoms with Crippen LogP contribution in [0, 0.1) is 17.8 Å². The molecule has 20 heavy (non-hydrogen) atoms. The molecule has 2 aliphatic rings. The Balaban J connectivity index is 1.64. The van der Waals surface area contributed by atoms with E-state index in [1.54, 1.807) is 0 Å². The number of rotatable bonds is 4. The monoisotopic (exact) mass is 271 g/mol. The lowest BCUT2D eigenvalue weighted by atomic mass is 9.86. The van der Waals surface area contributed by atoms with Gasteiger partial charge in [-0.2, -0.15) is 0 Å². The van der Waals surface area contributed by atoms with E-state index in [1.165, 1.54) is 36.8 Å². The van der Waals surface area contributed by atoms with Crippen LogP contribution in [0.15, 0.2) is 24.3 Å². The summed E-state index contributed by atoms with van der Waals surface area (Å²) in [5, 5.41) is 3.59. The van der Waals surface area contributed by atoms with Gasteiger partial charge in [0.2, 0.25) is 0 Å². The number of hydrogen-bond donors (Lipinski definition) is 1. The van der Waals surface area contributed by atoms with Crippen molar-refractivity contribution in [2.75, 3.05) is 7.05 Å². The van der Waals surface area contributed by atoms with E-state index in [2.05, 4.69) is 57.4 Å². The van der Waals surface area contributed by atoms with Crippen molar-refractivity contribution < 1.29 is 0 Å². The molecule has 1 N–H and O–H groups in total. The number of fused-ring (bicyclic) bond motifs is 1. The third kappa shape index (κ3) is 2.65. The summed E-state index contributed by atoms with van der Waals surface area (Å²) in [6.07, 6.45) is 5.63. The molecule has 1 aromatic carbocycles. The summed E-state index contributed by atoms with van der Waals surface area (Å²) in [5.74, 6) is 3.04. The minimum atomic E-state index is 0.258. The second-order valence-electron chi connectivity index (χ2n) is 7.88. The van der Waals surface area contributed by atoms with E-state index in [-0.39, 0.29) is 5.41 Å². The average Bonchev–Trinajstić information content (AvgIpc) is 2.88. The summed E-state index contributed by atoms with van der Waals surface area (Å²) in [4.78, 5) is 0. The zero-order chi connectivity index (χ0) is 14.3. The third-order valence-corrected chi connectivity index (χ3v) is 5.58. The van der Waals surface area contributed by atoms with Crippen molar-refractivity contribution in [3.8, 4) is 0 Å². The van der Waals surface area contributed by atoms with Gasteiger partial charge in [-0.05, 0) is 60.6 Å². The Hall–Kier alpha value is -0.820. The van der Waals surface area contributed by atoms with Crippen molar-refractivity contribution in [3.05, 3.63) is 35.4 Å². The molecule has 0 radical (unpaired) electrons. The summed E-state index contributed by atoms with van der Waals surface area (Å²) in [5.41, 5.74) is 3.18. The molecule has 1 heteroatoms. The maximum atomic E-state index is 3.59. The van der Waals surface area contributed by atoms with Gasteiger partial charge in [0, 0.05) is 6.04 Å². The summed E-state index contributed by atoms with van der Waals surface area (Å²) >= 11 is 0. The van der Waals surface area contributed by atoms with Gasteiger partial charge in [-0.1, -0.05) is 51.5 Å². The standard InChI is InChI=1S/C19H29N/c1-19(2,3)14-10-8-13(9-11-14)12-17(20-4)18-15-6-5-7-16(15)18/h8-11,15-18,20H,5-7,12H2,1-4H3. The van der Waals surface area contributed by atoms with Crippen LogP contribution in [0.1, 0.15) is 51.2 Å². The summed E-state index contributed by atoms with van der Waals surface area (Å²) < 4.78 is 0. The van der Waals surface area contributed by atoms with Crippen LogP contribution >= 0.6 is 0 Å². The molecule has 2 saturated carbocycles. The smallest absolute Gasteiger partial charge is 0.0138 e. The first-order valence-electron chi connectivity index (χ1n) is 8.27. The van der Waals surface area contributed by atoms with E-state index in [9.17, 15) is 0 Å². The predicted molar refractivity (Wildman–Crippen MR) is 86.0 cm³/mol. The molecule has 0 saturated heterocycles. The second-order valence-corrected chi connectivity index (χ2v) is 7.88. The molecule has 3 rings (SSSR count). The van der Waals surface area contributed by atoms with Gasteiger partial charge in [0.1, 0.15) is 0 Å². The Morgan fingerprint density at radius 2 is 1.70 bits per heavy atom. The first-order chi connectivity index (χ1) is 9.50. The lowest BCUT2D eigenvalue weighted by molar-refractivity contribution is 0.428. The normalized spacial score (nSPS) is 30.1. The van der Waals surface area contributed by atoms with Crippen molar-refractivity contribution in [3.63, 3.8) is 0 Å². The fourth-order valence-corrected chi connectivity index (χ4v) is 4.30. The maximum Gasteiger partial charge on any atom is 0.0138 e. The van der Waals surface area contributed by atoms with Crippen LogP contribution in [0.4, 0.5) is 0 Å². The third-order valence-electron chi connectivity index (χ3n) is 5.58. The summed E-state index contributed by atoms with van der Waals surface area (Å²) in [6.45, 7) is 6.84. The highest BCUT2D eigenvalue weighted by Crippen LogP contribution is 2.59. The van der Waals surface area contributed by atoms with Gasteiger partial charge < -0.3 is 5.32 Å². The fraction of sp³-hybridized carbons (Fsp3) is 0.684. The molecular formula is C19H29N. The molecule has 0 spiro atoms. The van der Waals surface area contributed by atoms with Crippen molar-refractivity contribution >= 4 is 0 Å². The Labute approximate surface area is 124 Å². The zero-order valence-corrected chi connectivity index (χ0v) is 13.4. The minimum Gasteiger partial charge on any atom is -0.316 e. The van der Waals surface area contributed by atoms with Gasteiger partial charge in [-0.15, -0.1) is 0 Å². The van der Waals surface area contributed by atoms with Crippen LogP contribution in [0.25, 0.3) is 0 Å². The van der Waals surface area contributed by atoms with Crippen LogP contribution in [0.2, 0.25) is 0 Å². The Morgan fingerprint density at radius 1 is 1.10 bits per heavy atom. The lowest BCUT2D eigenvalue weighted by Gasteiger charge is -2.21. The second kappa shape index (κ2) is 5.18. The molecule has 0 bridgehead atoms. The first-order valence-corrected chi connectivity index (χ1v) is 8.27. The van der Waals surface area contributed by atoms with Gasteiger partial charge >= 0.3 is 0 Å². The molecule has 2 fully saturated rings. The van der Waals surface area contributed by atoms with E-state index in [4.69, 9.17) is 0 Å². The van der Waals surface area contributed by atoms with Crippen molar-refractivity contribution in [1.29, 1.82) is 0 Å². The molecule has 3 unspecified atom stereocenters. The van der Waals surface area contributed by atoms with Crippen LogP contribution in [0.3, 0.4) is 0 Å². The quantitative estimate of drug-likeness (QED) is 0.867. The SMILES string of the molecule is CNC(Cc1ccc(C(C)(C)C)cc1)C1C2CCCC21. The molecule has 1 nitrogen and oxygen atoms in total. The molecule has 1 aromatic rings. The van der Waals surface area contributed by atoms with Crippen molar-refractivity contribution in [2.24, 2.45) is 17.8 Å². The van der Waals surface area contributed by atoms with Gasteiger partial charge in [0.25, 0.3) is 0 Å². The van der Waals surface area contributed by atoms with E-state index < -0.39 is 0 Å². The van der Waals surface area contributed by atoms with Crippen LogP contribution in [0.5, 0.6) is 0 Å². The topological polar surface area (TPSA) is 12.0 Å². The lowest BCUT2D eigenvalue weighted by Crippen LogP contribution is -2.31. The number of nitrogens with one attached hydrogen (secondary N) is 1. The highest BCUT2D eigenvalue weighted by atomic mass is 14.9. The average molecular weight is 271 g/mol. The number of benzene rings is 1. The van der Waals surface area contributed by atoms with Crippen molar-refractivity contribution in [2.45, 2.75) is 57.9 Å². The summed E-state index contributed by atoms with van der Waals surface area (Å²) in [6, 6.07) is 9.99. The molecular weight excluding hydrogens is 242 g/mol.